The van der Waals surface area contributed by atoms with Crippen molar-refractivity contribution in [3.05, 3.63) is 59.4 Å². The van der Waals surface area contributed by atoms with Gasteiger partial charge in [-0.25, -0.2) is 0 Å². The number of methoxy groups -OCH3 is 2. The zero-order valence-electron chi connectivity index (χ0n) is 19.8. The third kappa shape index (κ3) is 8.17. The molecule has 3 rings (SSSR count). The van der Waals surface area contributed by atoms with E-state index in [-0.39, 0.29) is 11.5 Å². The first-order chi connectivity index (χ1) is 17.6. The van der Waals surface area contributed by atoms with Gasteiger partial charge in [0, 0.05) is 20.2 Å². The lowest BCUT2D eigenvalue weighted by molar-refractivity contribution is -0.384. The average Bonchev–Trinajstić information content (AvgIpc) is 2.86. The molecule has 3 aromatic rings. The molecule has 0 saturated heterocycles. The SMILES string of the molecule is CNc1nc(OC)c(Br)cc1NC(=S)Nc1c(Cl)cccc1Cl.CNc1nc(OC)c(Br)cc1[N+](=O)[O-]. The van der Waals surface area contributed by atoms with Crippen LogP contribution < -0.4 is 30.7 Å². The summed E-state index contributed by atoms with van der Waals surface area (Å²) in [6.07, 6.45) is 0. The molecule has 0 atom stereocenters. The summed E-state index contributed by atoms with van der Waals surface area (Å²) in [7, 11) is 6.30. The molecular weight excluding hydrogens is 677 g/mol. The maximum absolute atomic E-state index is 10.6. The highest BCUT2D eigenvalue weighted by Crippen LogP contribution is 2.33. The average molecular weight is 698 g/mol. The minimum absolute atomic E-state index is 0.0971. The van der Waals surface area contributed by atoms with Gasteiger partial charge in [0.2, 0.25) is 17.6 Å². The van der Waals surface area contributed by atoms with E-state index in [4.69, 9.17) is 44.9 Å². The molecule has 0 aliphatic carbocycles. The van der Waals surface area contributed by atoms with Crippen molar-refractivity contribution in [2.24, 2.45) is 0 Å². The zero-order valence-corrected chi connectivity index (χ0v) is 25.3. The number of anilines is 4. The van der Waals surface area contributed by atoms with Crippen LogP contribution in [-0.4, -0.2) is 48.3 Å². The zero-order chi connectivity index (χ0) is 27.7. The normalized spacial score (nSPS) is 9.95. The van der Waals surface area contributed by atoms with Crippen LogP contribution in [0, 0.1) is 10.1 Å². The Labute approximate surface area is 245 Å². The van der Waals surface area contributed by atoms with Gasteiger partial charge in [-0.1, -0.05) is 29.3 Å². The third-order valence-corrected chi connectivity index (χ3v) is 6.34. The Morgan fingerprint density at radius 2 is 1.49 bits per heavy atom. The first-order valence-electron chi connectivity index (χ1n) is 10.1. The molecule has 0 aliphatic rings. The van der Waals surface area contributed by atoms with Gasteiger partial charge >= 0.3 is 5.69 Å². The van der Waals surface area contributed by atoms with Crippen molar-refractivity contribution < 1.29 is 14.4 Å². The minimum Gasteiger partial charge on any atom is -0.480 e. The molecule has 1 aromatic carbocycles. The molecule has 0 amide bonds. The summed E-state index contributed by atoms with van der Waals surface area (Å²) in [5.41, 5.74) is 1.11. The Balaban J connectivity index is 0.000000294. The Morgan fingerprint density at radius 3 is 1.97 bits per heavy atom. The Bertz CT molecular complexity index is 1280. The molecule has 0 bridgehead atoms. The highest BCUT2D eigenvalue weighted by atomic mass is 79.9. The number of ether oxygens (including phenoxy) is 2. The first kappa shape index (κ1) is 30.6. The second-order valence-corrected chi connectivity index (χ2v) is 9.59. The quantitative estimate of drug-likeness (QED) is 0.118. The lowest BCUT2D eigenvalue weighted by Crippen LogP contribution is -2.20. The van der Waals surface area contributed by atoms with Crippen LogP contribution in [0.2, 0.25) is 10.0 Å². The lowest BCUT2D eigenvalue weighted by Gasteiger charge is -2.16. The van der Waals surface area contributed by atoms with Crippen molar-refractivity contribution in [3.8, 4) is 11.8 Å². The number of nitrogens with one attached hydrogen (secondary N) is 4. The summed E-state index contributed by atoms with van der Waals surface area (Å²) in [5.74, 6) is 1.53. The fraction of sp³-hybridized carbons (Fsp3) is 0.190. The predicted octanol–water partition coefficient (Wildman–Crippen LogP) is 6.81. The summed E-state index contributed by atoms with van der Waals surface area (Å²) in [6, 6.07) is 8.36. The molecule has 198 valence electrons. The predicted molar refractivity (Wildman–Crippen MR) is 159 cm³/mol. The topological polar surface area (TPSA) is 136 Å². The first-order valence-corrected chi connectivity index (χ1v) is 12.8. The number of halogens is 4. The number of hydrogen-bond donors (Lipinski definition) is 4. The van der Waals surface area contributed by atoms with Gasteiger partial charge in [0.05, 0.1) is 49.5 Å². The molecule has 2 heterocycles. The molecule has 37 heavy (non-hydrogen) atoms. The number of nitro groups is 1. The number of thiocarbonyl (C=S) groups is 1. The fourth-order valence-electron chi connectivity index (χ4n) is 2.71. The van der Waals surface area contributed by atoms with E-state index in [2.05, 4.69) is 63.1 Å². The van der Waals surface area contributed by atoms with Crippen LogP contribution >= 0.6 is 67.3 Å². The van der Waals surface area contributed by atoms with Crippen LogP contribution in [0.4, 0.5) is 28.7 Å². The minimum atomic E-state index is -0.511. The van der Waals surface area contributed by atoms with E-state index in [0.29, 0.717) is 53.1 Å². The maximum Gasteiger partial charge on any atom is 0.312 e. The summed E-state index contributed by atoms with van der Waals surface area (Å²) in [6.45, 7) is 0. The molecule has 2 aromatic heterocycles. The van der Waals surface area contributed by atoms with Crippen LogP contribution in [0.25, 0.3) is 0 Å². The van der Waals surface area contributed by atoms with Crippen molar-refractivity contribution in [2.75, 3.05) is 49.6 Å². The molecule has 4 N–H and O–H groups in total. The molecule has 0 saturated carbocycles. The number of para-hydroxylation sites is 1. The van der Waals surface area contributed by atoms with Crippen LogP contribution in [0.3, 0.4) is 0 Å². The molecule has 0 radical (unpaired) electrons. The van der Waals surface area contributed by atoms with E-state index in [1.54, 1.807) is 45.5 Å². The van der Waals surface area contributed by atoms with Crippen molar-refractivity contribution in [1.82, 2.24) is 9.97 Å². The second-order valence-electron chi connectivity index (χ2n) is 6.66. The lowest BCUT2D eigenvalue weighted by atomic mass is 10.3. The van der Waals surface area contributed by atoms with Crippen LogP contribution in [0.15, 0.2) is 39.3 Å². The number of rotatable bonds is 7. The van der Waals surface area contributed by atoms with Gasteiger partial charge in [0.25, 0.3) is 0 Å². The third-order valence-electron chi connectivity index (χ3n) is 4.37. The van der Waals surface area contributed by atoms with E-state index in [1.807, 2.05) is 0 Å². The van der Waals surface area contributed by atoms with Gasteiger partial charge in [-0.05, 0) is 62.3 Å². The Morgan fingerprint density at radius 1 is 0.973 bits per heavy atom. The number of benzene rings is 1. The standard InChI is InChI=1S/C14H13BrCl2N4OS.C7H8BrN3O3/c1-18-12-10(6-7(15)13(21-12)22-2)19-14(23)20-11-8(16)4-3-5-9(11)17;1-9-6-5(11(12)13)3-4(8)7(10-6)14-2/h3-6H,1-2H3,(H,18,21)(H2,19,20,23);3H,1-2H3,(H,9,10). The van der Waals surface area contributed by atoms with Crippen LogP contribution in [0.1, 0.15) is 0 Å². The van der Waals surface area contributed by atoms with Gasteiger partial charge in [-0.3, -0.25) is 10.1 Å². The van der Waals surface area contributed by atoms with Crippen LogP contribution in [-0.2, 0) is 0 Å². The van der Waals surface area contributed by atoms with E-state index in [0.717, 1.165) is 0 Å². The van der Waals surface area contributed by atoms with Crippen molar-refractivity contribution >= 4 is 101 Å². The number of pyridine rings is 2. The Hall–Kier alpha value is -2.65. The summed E-state index contributed by atoms with van der Waals surface area (Å²) < 4.78 is 11.2. The van der Waals surface area contributed by atoms with Crippen molar-refractivity contribution in [3.63, 3.8) is 0 Å². The maximum atomic E-state index is 10.6. The van der Waals surface area contributed by atoms with Gasteiger partial charge in [-0.2, -0.15) is 9.97 Å². The molecular formula is C21H21Br2Cl2N7O4S. The fourth-order valence-corrected chi connectivity index (χ4v) is 4.36. The monoisotopic (exact) mass is 695 g/mol. The van der Waals surface area contributed by atoms with Gasteiger partial charge in [0.1, 0.15) is 0 Å². The van der Waals surface area contributed by atoms with E-state index in [1.165, 1.54) is 13.2 Å². The highest BCUT2D eigenvalue weighted by Gasteiger charge is 2.18. The van der Waals surface area contributed by atoms with Crippen molar-refractivity contribution in [1.29, 1.82) is 0 Å². The molecule has 0 aliphatic heterocycles. The number of aromatic nitrogens is 2. The molecule has 0 spiro atoms. The summed E-state index contributed by atoms with van der Waals surface area (Å²) >= 11 is 24.1. The molecule has 0 fully saturated rings. The number of hydrogen-bond acceptors (Lipinski definition) is 9. The molecule has 11 nitrogen and oxygen atoms in total. The number of nitrogens with zero attached hydrogens (tertiary/aromatic N) is 3. The van der Waals surface area contributed by atoms with E-state index in [9.17, 15) is 10.1 Å². The largest absolute Gasteiger partial charge is 0.480 e. The van der Waals surface area contributed by atoms with Gasteiger partial charge in [0.15, 0.2) is 10.9 Å². The summed E-state index contributed by atoms with van der Waals surface area (Å²) in [4.78, 5) is 18.3. The highest BCUT2D eigenvalue weighted by molar-refractivity contribution is 9.10. The van der Waals surface area contributed by atoms with Gasteiger partial charge < -0.3 is 30.7 Å². The van der Waals surface area contributed by atoms with E-state index >= 15 is 0 Å². The van der Waals surface area contributed by atoms with Crippen molar-refractivity contribution in [2.45, 2.75) is 0 Å². The Kier molecular flexibility index (Phi) is 11.8. The van der Waals surface area contributed by atoms with Crippen LogP contribution in [0.5, 0.6) is 11.8 Å². The smallest absolute Gasteiger partial charge is 0.312 e. The second kappa shape index (κ2) is 14.3. The molecule has 16 heteroatoms. The molecule has 0 unspecified atom stereocenters. The van der Waals surface area contributed by atoms with Gasteiger partial charge in [-0.15, -0.1) is 0 Å². The summed E-state index contributed by atoms with van der Waals surface area (Å²) in [5, 5.41) is 23.5. The van der Waals surface area contributed by atoms with E-state index < -0.39 is 4.92 Å².